The van der Waals surface area contributed by atoms with Crippen LogP contribution >= 0.6 is 11.6 Å². The van der Waals surface area contributed by atoms with E-state index in [4.69, 9.17) is 25.8 Å². The number of nitrogens with one attached hydrogen (secondary N) is 1. The Morgan fingerprint density at radius 1 is 1.29 bits per heavy atom. The lowest BCUT2D eigenvalue weighted by molar-refractivity contribution is -0.123. The molecule has 3 rings (SSSR count). The number of rotatable bonds is 5. The number of hydrogen-bond acceptors (Lipinski definition) is 5. The van der Waals surface area contributed by atoms with Gasteiger partial charge in [0.25, 0.3) is 5.91 Å². The van der Waals surface area contributed by atoms with Crippen molar-refractivity contribution in [1.82, 2.24) is 5.43 Å². The van der Waals surface area contributed by atoms with Gasteiger partial charge in [0.2, 0.25) is 0 Å². The summed E-state index contributed by atoms with van der Waals surface area (Å²) >= 11 is 5.97. The van der Waals surface area contributed by atoms with Crippen LogP contribution in [0.25, 0.3) is 0 Å². The first kappa shape index (κ1) is 16.1. The van der Waals surface area contributed by atoms with E-state index in [1.54, 1.807) is 49.6 Å². The molecule has 1 amide bonds. The minimum Gasteiger partial charge on any atom is -0.497 e. The van der Waals surface area contributed by atoms with E-state index in [2.05, 4.69) is 10.5 Å². The highest BCUT2D eigenvalue weighted by Crippen LogP contribution is 2.28. The molecule has 0 fully saturated rings. The van der Waals surface area contributed by atoms with Crippen LogP contribution in [0.3, 0.4) is 0 Å². The molecule has 0 saturated heterocycles. The van der Waals surface area contributed by atoms with Crippen LogP contribution in [-0.2, 0) is 4.79 Å². The molecule has 1 N–H and O–H groups in total. The standard InChI is InChI=1S/C17H15ClN2O4/c1-22-12-3-2-4-13(8-12)23-10-17(21)20-19-15-9-24-16-6-5-11(18)7-14(15)16/h2-8H,9-10H2,1H3,(H,20,21)/b19-15+. The number of carbonyl (C=O) groups is 1. The Bertz CT molecular complexity index is 792. The number of carbonyl (C=O) groups excluding carboxylic acids is 1. The van der Waals surface area contributed by atoms with Crippen LogP contribution in [0, 0.1) is 0 Å². The van der Waals surface area contributed by atoms with Gasteiger partial charge < -0.3 is 14.2 Å². The molecule has 0 atom stereocenters. The van der Waals surface area contributed by atoms with Gasteiger partial charge in [-0.25, -0.2) is 5.43 Å². The summed E-state index contributed by atoms with van der Waals surface area (Å²) in [6.07, 6.45) is 0. The van der Waals surface area contributed by atoms with Gasteiger partial charge in [0.15, 0.2) is 6.61 Å². The van der Waals surface area contributed by atoms with Gasteiger partial charge in [0.05, 0.1) is 7.11 Å². The van der Waals surface area contributed by atoms with Crippen molar-refractivity contribution in [3.8, 4) is 17.2 Å². The van der Waals surface area contributed by atoms with Gasteiger partial charge in [0, 0.05) is 16.7 Å². The van der Waals surface area contributed by atoms with Crippen molar-refractivity contribution < 1.29 is 19.0 Å². The van der Waals surface area contributed by atoms with Crippen LogP contribution in [-0.4, -0.2) is 31.9 Å². The molecule has 2 aromatic rings. The molecule has 6 nitrogen and oxygen atoms in total. The van der Waals surface area contributed by atoms with Crippen LogP contribution in [0.5, 0.6) is 17.2 Å². The summed E-state index contributed by atoms with van der Waals surface area (Å²) in [5.41, 5.74) is 3.84. The SMILES string of the molecule is COc1cccc(OCC(=O)N/N=C2\COc3ccc(Cl)cc32)c1. The van der Waals surface area contributed by atoms with Crippen LogP contribution in [0.2, 0.25) is 5.02 Å². The van der Waals surface area contributed by atoms with Gasteiger partial charge in [-0.15, -0.1) is 0 Å². The third kappa shape index (κ3) is 3.78. The zero-order chi connectivity index (χ0) is 16.9. The van der Waals surface area contributed by atoms with Crippen molar-refractivity contribution in [2.45, 2.75) is 0 Å². The van der Waals surface area contributed by atoms with Gasteiger partial charge in [-0.1, -0.05) is 17.7 Å². The molecule has 1 heterocycles. The summed E-state index contributed by atoms with van der Waals surface area (Å²) in [5.74, 6) is 1.52. The zero-order valence-corrected chi connectivity index (χ0v) is 13.7. The molecule has 0 saturated carbocycles. The average molecular weight is 347 g/mol. The summed E-state index contributed by atoms with van der Waals surface area (Å²) in [5, 5.41) is 4.66. The summed E-state index contributed by atoms with van der Waals surface area (Å²) in [6, 6.07) is 12.3. The Morgan fingerprint density at radius 2 is 2.12 bits per heavy atom. The van der Waals surface area contributed by atoms with Gasteiger partial charge in [-0.3, -0.25) is 4.79 Å². The van der Waals surface area contributed by atoms with Gasteiger partial charge in [-0.2, -0.15) is 5.10 Å². The maximum absolute atomic E-state index is 11.9. The lowest BCUT2D eigenvalue weighted by atomic mass is 10.1. The lowest BCUT2D eigenvalue weighted by Crippen LogP contribution is -2.26. The van der Waals surface area contributed by atoms with Crippen molar-refractivity contribution in [3.63, 3.8) is 0 Å². The van der Waals surface area contributed by atoms with Crippen molar-refractivity contribution in [2.24, 2.45) is 5.10 Å². The molecule has 124 valence electrons. The minimum absolute atomic E-state index is 0.160. The number of hydrazone groups is 1. The molecule has 2 aromatic carbocycles. The van der Waals surface area contributed by atoms with E-state index in [0.717, 1.165) is 5.56 Å². The van der Waals surface area contributed by atoms with E-state index < -0.39 is 0 Å². The predicted octanol–water partition coefficient (Wildman–Crippen LogP) is 2.64. The van der Waals surface area contributed by atoms with Crippen LogP contribution in [0.1, 0.15) is 5.56 Å². The number of amides is 1. The Hall–Kier alpha value is -2.73. The van der Waals surface area contributed by atoms with Gasteiger partial charge in [0.1, 0.15) is 29.6 Å². The van der Waals surface area contributed by atoms with E-state index in [1.807, 2.05) is 0 Å². The number of ether oxygens (including phenoxy) is 3. The molecule has 0 bridgehead atoms. The van der Waals surface area contributed by atoms with E-state index in [-0.39, 0.29) is 19.1 Å². The number of methoxy groups -OCH3 is 1. The fourth-order valence-electron chi connectivity index (χ4n) is 2.17. The average Bonchev–Trinajstić information content (AvgIpc) is 3.00. The maximum Gasteiger partial charge on any atom is 0.277 e. The molecule has 1 aliphatic heterocycles. The largest absolute Gasteiger partial charge is 0.497 e. The van der Waals surface area contributed by atoms with Crippen molar-refractivity contribution >= 4 is 23.2 Å². The molecule has 0 radical (unpaired) electrons. The fourth-order valence-corrected chi connectivity index (χ4v) is 2.34. The third-order valence-corrected chi connectivity index (χ3v) is 3.58. The molecule has 7 heteroatoms. The number of fused-ring (bicyclic) bond motifs is 1. The highest BCUT2D eigenvalue weighted by molar-refractivity contribution is 6.31. The molecule has 0 unspecified atom stereocenters. The van der Waals surface area contributed by atoms with E-state index in [1.165, 1.54) is 0 Å². The summed E-state index contributed by atoms with van der Waals surface area (Å²) < 4.78 is 16.0. The molecular formula is C17H15ClN2O4. The molecule has 1 aliphatic rings. The second-order valence-corrected chi connectivity index (χ2v) is 5.43. The third-order valence-electron chi connectivity index (χ3n) is 3.34. The molecule has 0 spiro atoms. The Morgan fingerprint density at radius 3 is 2.96 bits per heavy atom. The first-order valence-electron chi connectivity index (χ1n) is 7.20. The maximum atomic E-state index is 11.9. The van der Waals surface area contributed by atoms with Crippen LogP contribution in [0.4, 0.5) is 0 Å². The van der Waals surface area contributed by atoms with Crippen molar-refractivity contribution in [1.29, 1.82) is 0 Å². The number of halogens is 1. The first-order chi connectivity index (χ1) is 11.7. The second-order valence-electron chi connectivity index (χ2n) is 4.99. The topological polar surface area (TPSA) is 69.2 Å². The number of nitrogens with zero attached hydrogens (tertiary/aromatic N) is 1. The van der Waals surface area contributed by atoms with Crippen molar-refractivity contribution in [2.75, 3.05) is 20.3 Å². The van der Waals surface area contributed by atoms with Crippen LogP contribution < -0.4 is 19.6 Å². The first-order valence-corrected chi connectivity index (χ1v) is 7.58. The summed E-state index contributed by atoms with van der Waals surface area (Å²) in [6.45, 7) is 0.125. The fraction of sp³-hybridized carbons (Fsp3) is 0.176. The highest BCUT2D eigenvalue weighted by atomic mass is 35.5. The Labute approximate surface area is 144 Å². The number of benzene rings is 2. The van der Waals surface area contributed by atoms with Crippen molar-refractivity contribution in [3.05, 3.63) is 53.1 Å². The molecule has 0 aliphatic carbocycles. The zero-order valence-electron chi connectivity index (χ0n) is 12.9. The van der Waals surface area contributed by atoms with Crippen LogP contribution in [0.15, 0.2) is 47.6 Å². The van der Waals surface area contributed by atoms with E-state index >= 15 is 0 Å². The lowest BCUT2D eigenvalue weighted by Gasteiger charge is -2.07. The Balaban J connectivity index is 1.57. The molecule has 24 heavy (non-hydrogen) atoms. The van der Waals surface area contributed by atoms with Gasteiger partial charge in [-0.05, 0) is 30.3 Å². The normalized spacial score (nSPS) is 14.0. The van der Waals surface area contributed by atoms with Gasteiger partial charge >= 0.3 is 0 Å². The quantitative estimate of drug-likeness (QED) is 0.845. The summed E-state index contributed by atoms with van der Waals surface area (Å²) in [4.78, 5) is 11.9. The monoisotopic (exact) mass is 346 g/mol. The smallest absolute Gasteiger partial charge is 0.277 e. The summed E-state index contributed by atoms with van der Waals surface area (Å²) in [7, 11) is 1.57. The number of hydrogen-bond donors (Lipinski definition) is 1. The second kappa shape index (κ2) is 7.23. The van der Waals surface area contributed by atoms with E-state index in [0.29, 0.717) is 28.0 Å². The Kier molecular flexibility index (Phi) is 4.86. The highest BCUT2D eigenvalue weighted by Gasteiger charge is 2.20. The molecular weight excluding hydrogens is 332 g/mol. The minimum atomic E-state index is -0.374. The predicted molar refractivity (Wildman–Crippen MR) is 90.1 cm³/mol. The molecule has 0 aromatic heterocycles. The van der Waals surface area contributed by atoms with E-state index in [9.17, 15) is 4.79 Å².